The summed E-state index contributed by atoms with van der Waals surface area (Å²) in [4.78, 5) is 12.0. The standard InChI is InChI=1S/C22H21NO5/c1-22(2)12-16-9-6-10-18(21(16)27-22)25-14-20(24)26-13-17-11-19(28-23-17)15-7-4-3-5-8-15/h3-11H,12-14H2,1-2H3. The summed E-state index contributed by atoms with van der Waals surface area (Å²) in [6.45, 7) is 3.86. The van der Waals surface area contributed by atoms with Crippen LogP contribution in [-0.2, 0) is 22.6 Å². The van der Waals surface area contributed by atoms with Crippen molar-refractivity contribution < 1.29 is 23.5 Å². The second-order valence-electron chi connectivity index (χ2n) is 7.28. The van der Waals surface area contributed by atoms with Gasteiger partial charge >= 0.3 is 5.97 Å². The number of ether oxygens (including phenoxy) is 3. The van der Waals surface area contributed by atoms with Gasteiger partial charge in [-0.15, -0.1) is 0 Å². The van der Waals surface area contributed by atoms with Crippen molar-refractivity contribution in [2.45, 2.75) is 32.5 Å². The molecule has 6 nitrogen and oxygen atoms in total. The van der Waals surface area contributed by atoms with E-state index in [0.717, 1.165) is 17.5 Å². The summed E-state index contributed by atoms with van der Waals surface area (Å²) >= 11 is 0. The van der Waals surface area contributed by atoms with Crippen LogP contribution in [0.25, 0.3) is 11.3 Å². The van der Waals surface area contributed by atoms with Gasteiger partial charge in [0.1, 0.15) is 17.9 Å². The fraction of sp³-hybridized carbons (Fsp3) is 0.273. The van der Waals surface area contributed by atoms with Crippen LogP contribution < -0.4 is 9.47 Å². The molecule has 0 fully saturated rings. The number of benzene rings is 2. The minimum absolute atomic E-state index is 0.0228. The fourth-order valence-corrected chi connectivity index (χ4v) is 3.15. The Balaban J connectivity index is 1.31. The Kier molecular flexibility index (Phi) is 4.77. The molecule has 0 N–H and O–H groups in total. The first-order valence-electron chi connectivity index (χ1n) is 9.10. The van der Waals surface area contributed by atoms with E-state index in [4.69, 9.17) is 18.7 Å². The molecule has 0 amide bonds. The zero-order valence-electron chi connectivity index (χ0n) is 15.8. The minimum Gasteiger partial charge on any atom is -0.483 e. The highest BCUT2D eigenvalue weighted by molar-refractivity contribution is 5.71. The lowest BCUT2D eigenvalue weighted by Gasteiger charge is -2.18. The molecule has 1 aliphatic heterocycles. The molecule has 0 radical (unpaired) electrons. The van der Waals surface area contributed by atoms with Crippen LogP contribution in [0.5, 0.6) is 11.5 Å². The molecule has 6 heteroatoms. The van der Waals surface area contributed by atoms with Crippen LogP contribution in [0.3, 0.4) is 0 Å². The lowest BCUT2D eigenvalue weighted by Crippen LogP contribution is -2.24. The maximum atomic E-state index is 12.0. The third-order valence-corrected chi connectivity index (χ3v) is 4.40. The highest BCUT2D eigenvalue weighted by Crippen LogP contribution is 2.41. The van der Waals surface area contributed by atoms with E-state index in [2.05, 4.69) is 5.16 Å². The predicted molar refractivity (Wildman–Crippen MR) is 102 cm³/mol. The highest BCUT2D eigenvalue weighted by atomic mass is 16.6. The van der Waals surface area contributed by atoms with E-state index in [1.165, 1.54) is 0 Å². The van der Waals surface area contributed by atoms with Gasteiger partial charge in [-0.1, -0.05) is 47.6 Å². The van der Waals surface area contributed by atoms with Gasteiger partial charge in [-0.3, -0.25) is 0 Å². The van der Waals surface area contributed by atoms with Crippen LogP contribution in [-0.4, -0.2) is 23.3 Å². The molecule has 28 heavy (non-hydrogen) atoms. The molecule has 144 valence electrons. The quantitative estimate of drug-likeness (QED) is 0.599. The molecule has 1 aromatic heterocycles. The summed E-state index contributed by atoms with van der Waals surface area (Å²) in [7, 11) is 0. The maximum absolute atomic E-state index is 12.0. The predicted octanol–water partition coefficient (Wildman–Crippen LogP) is 4.18. The topological polar surface area (TPSA) is 70.8 Å². The monoisotopic (exact) mass is 379 g/mol. The van der Waals surface area contributed by atoms with Crippen molar-refractivity contribution in [1.82, 2.24) is 5.16 Å². The van der Waals surface area contributed by atoms with Crippen molar-refractivity contribution in [3.8, 4) is 22.8 Å². The van der Waals surface area contributed by atoms with Gasteiger partial charge < -0.3 is 18.7 Å². The number of hydrogen-bond acceptors (Lipinski definition) is 6. The zero-order chi connectivity index (χ0) is 19.6. The summed E-state index contributed by atoms with van der Waals surface area (Å²) in [5, 5.41) is 3.93. The highest BCUT2D eigenvalue weighted by Gasteiger charge is 2.32. The first kappa shape index (κ1) is 18.1. The Morgan fingerprint density at radius 2 is 1.96 bits per heavy atom. The number of fused-ring (bicyclic) bond motifs is 1. The van der Waals surface area contributed by atoms with Crippen molar-refractivity contribution in [2.75, 3.05) is 6.61 Å². The Morgan fingerprint density at radius 3 is 2.79 bits per heavy atom. The molecule has 0 atom stereocenters. The summed E-state index contributed by atoms with van der Waals surface area (Å²) in [6, 6.07) is 17.0. The van der Waals surface area contributed by atoms with Gasteiger partial charge in [0, 0.05) is 23.6 Å². The molecule has 0 saturated heterocycles. The van der Waals surface area contributed by atoms with Gasteiger partial charge in [-0.2, -0.15) is 0 Å². The molecular weight excluding hydrogens is 358 g/mol. The van der Waals surface area contributed by atoms with Crippen LogP contribution >= 0.6 is 0 Å². The Labute approximate surface area is 163 Å². The number of carbonyl (C=O) groups is 1. The van der Waals surface area contributed by atoms with E-state index in [0.29, 0.717) is 23.0 Å². The third kappa shape index (κ3) is 4.01. The molecule has 0 unspecified atom stereocenters. The van der Waals surface area contributed by atoms with Crippen LogP contribution in [0.1, 0.15) is 25.1 Å². The Morgan fingerprint density at radius 1 is 1.14 bits per heavy atom. The van der Waals surface area contributed by atoms with E-state index in [1.807, 2.05) is 56.3 Å². The molecular formula is C22H21NO5. The number of nitrogens with zero attached hydrogens (tertiary/aromatic N) is 1. The van der Waals surface area contributed by atoms with Gasteiger partial charge in [0.05, 0.1) is 0 Å². The average Bonchev–Trinajstić information content (AvgIpc) is 3.28. The fourth-order valence-electron chi connectivity index (χ4n) is 3.15. The molecule has 3 aromatic rings. The van der Waals surface area contributed by atoms with E-state index >= 15 is 0 Å². The first-order chi connectivity index (χ1) is 13.5. The van der Waals surface area contributed by atoms with Crippen LogP contribution in [0.2, 0.25) is 0 Å². The van der Waals surface area contributed by atoms with Crippen molar-refractivity contribution in [2.24, 2.45) is 0 Å². The normalized spacial score (nSPS) is 14.2. The van der Waals surface area contributed by atoms with Gasteiger partial charge in [-0.25, -0.2) is 4.79 Å². The largest absolute Gasteiger partial charge is 0.483 e. The second kappa shape index (κ2) is 7.38. The summed E-state index contributed by atoms with van der Waals surface area (Å²) in [6.07, 6.45) is 0.805. The summed E-state index contributed by atoms with van der Waals surface area (Å²) in [5.74, 6) is 1.39. The molecule has 4 rings (SSSR count). The number of esters is 1. The van der Waals surface area contributed by atoms with Crippen molar-refractivity contribution in [1.29, 1.82) is 0 Å². The molecule has 0 aliphatic carbocycles. The summed E-state index contributed by atoms with van der Waals surface area (Å²) in [5.41, 5.74) is 2.26. The average molecular weight is 379 g/mol. The molecule has 2 heterocycles. The maximum Gasteiger partial charge on any atom is 0.344 e. The zero-order valence-corrected chi connectivity index (χ0v) is 15.8. The molecule has 0 spiro atoms. The summed E-state index contributed by atoms with van der Waals surface area (Å²) < 4.78 is 22.1. The van der Waals surface area contributed by atoms with Crippen LogP contribution in [0.4, 0.5) is 0 Å². The Hall–Kier alpha value is -3.28. The van der Waals surface area contributed by atoms with Gasteiger partial charge in [0.25, 0.3) is 0 Å². The molecule has 1 aliphatic rings. The van der Waals surface area contributed by atoms with E-state index in [-0.39, 0.29) is 18.8 Å². The second-order valence-corrected chi connectivity index (χ2v) is 7.28. The lowest BCUT2D eigenvalue weighted by atomic mass is 10.0. The van der Waals surface area contributed by atoms with Crippen molar-refractivity contribution >= 4 is 5.97 Å². The van der Waals surface area contributed by atoms with Gasteiger partial charge in [0.2, 0.25) is 0 Å². The number of para-hydroxylation sites is 1. The number of hydrogen-bond donors (Lipinski definition) is 0. The van der Waals surface area contributed by atoms with Crippen LogP contribution in [0.15, 0.2) is 59.1 Å². The molecule has 0 bridgehead atoms. The smallest absolute Gasteiger partial charge is 0.344 e. The van der Waals surface area contributed by atoms with Gasteiger partial charge in [-0.05, 0) is 19.9 Å². The SMILES string of the molecule is CC1(C)Cc2cccc(OCC(=O)OCc3cc(-c4ccccc4)on3)c2O1. The number of rotatable bonds is 6. The number of carbonyl (C=O) groups excluding carboxylic acids is 1. The van der Waals surface area contributed by atoms with Crippen molar-refractivity contribution in [3.63, 3.8) is 0 Å². The van der Waals surface area contributed by atoms with Crippen molar-refractivity contribution in [3.05, 3.63) is 65.9 Å². The van der Waals surface area contributed by atoms with Crippen LogP contribution in [0, 0.1) is 0 Å². The Bertz CT molecular complexity index is 978. The number of aromatic nitrogens is 1. The first-order valence-corrected chi connectivity index (χ1v) is 9.10. The van der Waals surface area contributed by atoms with E-state index in [1.54, 1.807) is 12.1 Å². The van der Waals surface area contributed by atoms with E-state index in [9.17, 15) is 4.79 Å². The van der Waals surface area contributed by atoms with Gasteiger partial charge in [0.15, 0.2) is 23.9 Å². The third-order valence-electron chi connectivity index (χ3n) is 4.40. The lowest BCUT2D eigenvalue weighted by molar-refractivity contribution is -0.147. The minimum atomic E-state index is -0.487. The molecule has 2 aromatic carbocycles. The molecule has 0 saturated carbocycles. The van der Waals surface area contributed by atoms with E-state index < -0.39 is 5.97 Å².